The predicted octanol–water partition coefficient (Wildman–Crippen LogP) is 11.1. The van der Waals surface area contributed by atoms with Gasteiger partial charge in [-0.2, -0.15) is 0 Å². The number of hydrogen-bond donors (Lipinski definition) is 0. The van der Waals surface area contributed by atoms with E-state index in [0.717, 1.165) is 6.42 Å². The zero-order valence-corrected chi connectivity index (χ0v) is 21.1. The van der Waals surface area contributed by atoms with Crippen LogP contribution in [-0.2, 0) is 0 Å². The zero-order valence-electron chi connectivity index (χ0n) is 21.1. The smallest absolute Gasteiger partial charge is 0.00989 e. The Balaban J connectivity index is 2.98. The molecule has 0 saturated carbocycles. The third kappa shape index (κ3) is 27.6. The molecule has 0 atom stereocenters. The second-order valence-electron chi connectivity index (χ2n) is 9.77. The second-order valence-corrected chi connectivity index (χ2v) is 9.77. The van der Waals surface area contributed by atoms with E-state index in [4.69, 9.17) is 6.42 Å². The summed E-state index contributed by atoms with van der Waals surface area (Å²) in [6.07, 6.45) is 45.2. The molecular weight excluding hydrogens is 360 g/mol. The van der Waals surface area contributed by atoms with Crippen LogP contribution in [0.3, 0.4) is 0 Å². The van der Waals surface area contributed by atoms with Crippen molar-refractivity contribution in [1.29, 1.82) is 0 Å². The van der Waals surface area contributed by atoms with Crippen LogP contribution in [0.25, 0.3) is 0 Å². The van der Waals surface area contributed by atoms with Crippen LogP contribution < -0.4 is 0 Å². The Labute approximate surface area is 192 Å². The monoisotopic (exact) mass is 417 g/mol. The highest BCUT2D eigenvalue weighted by Gasteiger charge is 1.96. The van der Waals surface area contributed by atoms with Crippen LogP contribution in [-0.4, -0.2) is 0 Å². The molecule has 0 unspecified atom stereocenters. The Morgan fingerprint density at radius 1 is 0.333 bits per heavy atom. The normalized spacial score (nSPS) is 11.1. The van der Waals surface area contributed by atoms with Gasteiger partial charge < -0.3 is 0 Å². The summed E-state index contributed by atoms with van der Waals surface area (Å²) < 4.78 is 0. The van der Waals surface area contributed by atoms with Gasteiger partial charge in [0.2, 0.25) is 0 Å². The predicted molar refractivity (Wildman–Crippen MR) is 137 cm³/mol. The fourth-order valence-electron chi connectivity index (χ4n) is 4.53. The van der Waals surface area contributed by atoms with E-state index in [1.165, 1.54) is 167 Å². The van der Waals surface area contributed by atoms with Crippen LogP contribution in [0.2, 0.25) is 0 Å². The van der Waals surface area contributed by atoms with Gasteiger partial charge in [0.05, 0.1) is 0 Å². The first-order valence-corrected chi connectivity index (χ1v) is 14.3. The third-order valence-corrected chi connectivity index (χ3v) is 6.66. The summed E-state index contributed by atoms with van der Waals surface area (Å²) in [7, 11) is 0. The Morgan fingerprint density at radius 3 is 0.733 bits per heavy atom. The Kier molecular flexibility index (Phi) is 28.1. The van der Waals surface area contributed by atoms with E-state index in [-0.39, 0.29) is 0 Å². The molecule has 0 nitrogen and oxygen atoms in total. The Bertz CT molecular complexity index is 323. The molecule has 0 heterocycles. The largest absolute Gasteiger partial charge is 0.0891 e. The van der Waals surface area contributed by atoms with Gasteiger partial charge in [0.25, 0.3) is 0 Å². The Morgan fingerprint density at radius 2 is 0.533 bits per heavy atom. The molecule has 0 aliphatic heterocycles. The lowest BCUT2D eigenvalue weighted by molar-refractivity contribution is 0.515. The molecule has 0 N–H and O–H groups in total. The maximum Gasteiger partial charge on any atom is 0.00989 e. The van der Waals surface area contributed by atoms with Crippen molar-refractivity contribution in [2.24, 2.45) is 0 Å². The van der Waals surface area contributed by atoms with Crippen molar-refractivity contribution in [3.63, 3.8) is 0 Å². The molecule has 0 amide bonds. The molecule has 0 rings (SSSR count). The molecule has 0 aromatic carbocycles. The lowest BCUT2D eigenvalue weighted by atomic mass is 10.0. The van der Waals surface area contributed by atoms with Gasteiger partial charge in [0, 0.05) is 6.42 Å². The van der Waals surface area contributed by atoms with Crippen molar-refractivity contribution in [2.45, 2.75) is 180 Å². The van der Waals surface area contributed by atoms with Gasteiger partial charge in [-0.1, -0.05) is 173 Å². The van der Waals surface area contributed by atoms with Crippen LogP contribution >= 0.6 is 0 Å². The summed E-state index contributed by atoms with van der Waals surface area (Å²) in [4.78, 5) is 0. The average Bonchev–Trinajstić information content (AvgIpc) is 2.76. The van der Waals surface area contributed by atoms with Gasteiger partial charge in [0.1, 0.15) is 0 Å². The lowest BCUT2D eigenvalue weighted by Crippen LogP contribution is -1.84. The molecule has 0 aromatic heterocycles. The quantitative estimate of drug-likeness (QED) is 0.0969. The molecule has 0 aromatic rings. The summed E-state index contributed by atoms with van der Waals surface area (Å²) in [5.74, 6) is 2.49. The topological polar surface area (TPSA) is 0 Å². The molecular formula is C30H57. The van der Waals surface area contributed by atoms with Gasteiger partial charge in [-0.05, 0) is 12.8 Å². The van der Waals surface area contributed by atoms with Crippen molar-refractivity contribution in [3.8, 4) is 5.92 Å². The van der Waals surface area contributed by atoms with Crippen molar-refractivity contribution in [1.82, 2.24) is 0 Å². The molecule has 1 radical (unpaired) electrons. The second kappa shape index (κ2) is 28.6. The molecule has 177 valence electrons. The van der Waals surface area contributed by atoms with Gasteiger partial charge in [-0.15, -0.1) is 0 Å². The van der Waals surface area contributed by atoms with E-state index < -0.39 is 0 Å². The average molecular weight is 418 g/mol. The van der Waals surface area contributed by atoms with Crippen molar-refractivity contribution in [3.05, 3.63) is 6.42 Å². The zero-order chi connectivity index (χ0) is 21.8. The van der Waals surface area contributed by atoms with Crippen molar-refractivity contribution < 1.29 is 0 Å². The number of rotatable bonds is 26. The van der Waals surface area contributed by atoms with Gasteiger partial charge in [0.15, 0.2) is 0 Å². The van der Waals surface area contributed by atoms with E-state index in [2.05, 4.69) is 12.8 Å². The summed E-state index contributed by atoms with van der Waals surface area (Å²) in [5.41, 5.74) is 0. The first kappa shape index (κ1) is 29.6. The lowest BCUT2D eigenvalue weighted by Gasteiger charge is -2.04. The molecule has 0 aliphatic carbocycles. The molecule has 0 saturated heterocycles. The molecule has 0 aliphatic rings. The first-order valence-electron chi connectivity index (χ1n) is 14.3. The van der Waals surface area contributed by atoms with Crippen molar-refractivity contribution in [2.75, 3.05) is 0 Å². The van der Waals surface area contributed by atoms with Gasteiger partial charge >= 0.3 is 0 Å². The van der Waals surface area contributed by atoms with E-state index in [9.17, 15) is 0 Å². The highest BCUT2D eigenvalue weighted by Crippen LogP contribution is 2.16. The summed E-state index contributed by atoms with van der Waals surface area (Å²) in [6.45, 7) is 2.30. The minimum absolute atomic E-state index is 0.860. The first-order chi connectivity index (χ1) is 14.9. The standard InChI is InChI=1S/C30H57/c1-3-5-7-9-11-13-15-17-19-21-23-25-27-29-30-28-26-24-22-20-18-16-14-12-10-8-6-4-2/h3,5-30H2,1H3. The van der Waals surface area contributed by atoms with Crippen LogP contribution in [0.1, 0.15) is 180 Å². The summed E-state index contributed by atoms with van der Waals surface area (Å²) >= 11 is 0. The molecule has 30 heavy (non-hydrogen) atoms. The minimum atomic E-state index is 0.860. The molecule has 0 bridgehead atoms. The van der Waals surface area contributed by atoms with Gasteiger partial charge in [-0.3, -0.25) is 0 Å². The fourth-order valence-corrected chi connectivity index (χ4v) is 4.53. The van der Waals surface area contributed by atoms with Crippen LogP contribution in [0.4, 0.5) is 0 Å². The van der Waals surface area contributed by atoms with Gasteiger partial charge in [-0.25, -0.2) is 0 Å². The molecule has 0 fully saturated rings. The SMILES string of the molecule is [C]#CCCCCCCCCCCCCCCCCCCCCCCCCCCCC. The highest BCUT2D eigenvalue weighted by atomic mass is 14.0. The highest BCUT2D eigenvalue weighted by molar-refractivity contribution is 4.74. The van der Waals surface area contributed by atoms with E-state index in [1.54, 1.807) is 0 Å². The van der Waals surface area contributed by atoms with E-state index in [0.29, 0.717) is 0 Å². The maximum atomic E-state index is 6.89. The maximum absolute atomic E-state index is 6.89. The third-order valence-electron chi connectivity index (χ3n) is 6.66. The van der Waals surface area contributed by atoms with Crippen LogP contribution in [0.5, 0.6) is 0 Å². The minimum Gasteiger partial charge on any atom is -0.0891 e. The molecule has 0 spiro atoms. The van der Waals surface area contributed by atoms with Crippen LogP contribution in [0, 0.1) is 12.3 Å². The van der Waals surface area contributed by atoms with E-state index in [1.807, 2.05) is 0 Å². The summed E-state index contributed by atoms with van der Waals surface area (Å²) in [5, 5.41) is 0. The van der Waals surface area contributed by atoms with E-state index >= 15 is 0 Å². The van der Waals surface area contributed by atoms with Crippen LogP contribution in [0.15, 0.2) is 0 Å². The number of unbranched alkanes of at least 4 members (excludes halogenated alkanes) is 26. The number of hydrogen-bond acceptors (Lipinski definition) is 0. The Hall–Kier alpha value is -0.440. The fraction of sp³-hybridized carbons (Fsp3) is 0.933. The van der Waals surface area contributed by atoms with Crippen molar-refractivity contribution >= 4 is 0 Å². The molecule has 0 heteroatoms. The summed E-state index contributed by atoms with van der Waals surface area (Å²) in [6, 6.07) is 0.